The lowest BCUT2D eigenvalue weighted by Crippen LogP contribution is -2.59. The van der Waals surface area contributed by atoms with Crippen LogP contribution in [0.15, 0.2) is 12.7 Å². The first-order valence-electron chi connectivity index (χ1n) is 14.2. The Balaban J connectivity index is 2.03. The molecule has 214 valence electrons. The quantitative estimate of drug-likeness (QED) is 0.213. The lowest BCUT2D eigenvalue weighted by molar-refractivity contribution is -0.144. The fraction of sp³-hybridized carbons (Fsp3) is 0.750. The van der Waals surface area contributed by atoms with E-state index in [0.29, 0.717) is 25.8 Å². The van der Waals surface area contributed by atoms with Crippen LogP contribution in [0.4, 0.5) is 4.79 Å². The number of rotatable bonds is 13. The number of nitrogens with one attached hydrogen (secondary N) is 4. The molecule has 38 heavy (non-hydrogen) atoms. The Morgan fingerprint density at radius 1 is 1.05 bits per heavy atom. The Hall–Kier alpha value is -2.91. The minimum absolute atomic E-state index is 0.155. The van der Waals surface area contributed by atoms with Crippen LogP contribution in [-0.4, -0.2) is 71.7 Å². The van der Waals surface area contributed by atoms with Gasteiger partial charge in [-0.25, -0.2) is 4.79 Å². The lowest BCUT2D eigenvalue weighted by atomic mass is 9.80. The topological polar surface area (TPSA) is 137 Å². The normalized spacial score (nSPS) is 21.5. The molecule has 3 atom stereocenters. The van der Waals surface area contributed by atoms with Crippen LogP contribution in [0.3, 0.4) is 0 Å². The van der Waals surface area contributed by atoms with Crippen molar-refractivity contribution in [3.8, 4) is 0 Å². The fourth-order valence-corrected chi connectivity index (χ4v) is 5.39. The van der Waals surface area contributed by atoms with Crippen molar-refractivity contribution in [2.24, 2.45) is 5.92 Å². The molecule has 2 aliphatic rings. The monoisotopic (exact) mass is 533 g/mol. The number of ketones is 1. The van der Waals surface area contributed by atoms with Crippen molar-refractivity contribution in [3.05, 3.63) is 12.7 Å². The average Bonchev–Trinajstić information content (AvgIpc) is 2.92. The number of hydrogen-bond donors (Lipinski definition) is 4. The molecule has 0 aromatic rings. The Morgan fingerprint density at radius 2 is 1.76 bits per heavy atom. The molecular weight excluding hydrogens is 486 g/mol. The molecule has 2 fully saturated rings. The Kier molecular flexibility index (Phi) is 12.8. The van der Waals surface area contributed by atoms with E-state index in [1.165, 1.54) is 17.4 Å². The Labute approximate surface area is 227 Å². The summed E-state index contributed by atoms with van der Waals surface area (Å²) in [6.45, 7) is 9.89. The van der Waals surface area contributed by atoms with Gasteiger partial charge in [0.15, 0.2) is 0 Å². The van der Waals surface area contributed by atoms with Crippen LogP contribution in [0.25, 0.3) is 0 Å². The number of Topliss-reactive ketones (excluding diaryl/α,β-unsaturated/α-hetero) is 1. The van der Waals surface area contributed by atoms with Gasteiger partial charge >= 0.3 is 6.03 Å². The standard InChI is InChI=1S/C28H47N5O5/c1-5-8-12-21(24(35)26(37)29-17-6-2)31-25(36)22-14-13-20(4)19-33(22)23(34)18-30-27(38)32-28(7-3)15-10-9-11-16-28/h6,20-22H,2,5,7-19H2,1,3-4H3,(H,29,37)(H,31,36)(H2,30,32,38). The summed E-state index contributed by atoms with van der Waals surface area (Å²) in [6.07, 6.45) is 10.5. The van der Waals surface area contributed by atoms with Gasteiger partial charge < -0.3 is 26.2 Å². The van der Waals surface area contributed by atoms with Crippen molar-refractivity contribution in [2.45, 2.75) is 109 Å². The highest BCUT2D eigenvalue weighted by Gasteiger charge is 2.37. The number of likely N-dealkylation sites (tertiary alicyclic amines) is 1. The first kappa shape index (κ1) is 31.3. The third kappa shape index (κ3) is 9.13. The van der Waals surface area contributed by atoms with Gasteiger partial charge in [0, 0.05) is 18.6 Å². The van der Waals surface area contributed by atoms with Crippen LogP contribution in [0.5, 0.6) is 0 Å². The molecule has 0 bridgehead atoms. The molecule has 1 aliphatic heterocycles. The zero-order valence-electron chi connectivity index (χ0n) is 23.4. The van der Waals surface area contributed by atoms with Gasteiger partial charge in [0.05, 0.1) is 12.6 Å². The maximum atomic E-state index is 13.3. The van der Waals surface area contributed by atoms with E-state index in [1.807, 2.05) is 13.8 Å². The van der Waals surface area contributed by atoms with Crippen LogP contribution in [0.2, 0.25) is 0 Å². The Morgan fingerprint density at radius 3 is 2.39 bits per heavy atom. The molecule has 1 saturated heterocycles. The van der Waals surface area contributed by atoms with E-state index in [2.05, 4.69) is 34.8 Å². The van der Waals surface area contributed by atoms with E-state index in [1.54, 1.807) is 0 Å². The van der Waals surface area contributed by atoms with Gasteiger partial charge in [-0.1, -0.05) is 59.0 Å². The van der Waals surface area contributed by atoms with E-state index in [0.717, 1.165) is 44.9 Å². The Bertz CT molecular complexity index is 855. The highest BCUT2D eigenvalue weighted by Crippen LogP contribution is 2.30. The van der Waals surface area contributed by atoms with Gasteiger partial charge in [-0.15, -0.1) is 6.58 Å². The van der Waals surface area contributed by atoms with Crippen LogP contribution < -0.4 is 21.3 Å². The number of unbranched alkanes of at least 4 members (excludes halogenated alkanes) is 1. The van der Waals surface area contributed by atoms with Crippen LogP contribution >= 0.6 is 0 Å². The molecule has 4 N–H and O–H groups in total. The van der Waals surface area contributed by atoms with E-state index >= 15 is 0 Å². The molecule has 3 unspecified atom stereocenters. The van der Waals surface area contributed by atoms with Gasteiger partial charge in [0.2, 0.25) is 17.6 Å². The van der Waals surface area contributed by atoms with E-state index in [4.69, 9.17) is 0 Å². The number of carbonyl (C=O) groups is 5. The van der Waals surface area contributed by atoms with E-state index in [-0.39, 0.29) is 36.5 Å². The lowest BCUT2D eigenvalue weighted by Gasteiger charge is -2.39. The predicted molar refractivity (Wildman–Crippen MR) is 146 cm³/mol. The molecule has 0 aromatic heterocycles. The second kappa shape index (κ2) is 15.5. The maximum absolute atomic E-state index is 13.3. The smallest absolute Gasteiger partial charge is 0.315 e. The van der Waals surface area contributed by atoms with Gasteiger partial charge in [-0.05, 0) is 44.4 Å². The van der Waals surface area contributed by atoms with Crippen molar-refractivity contribution in [1.82, 2.24) is 26.2 Å². The van der Waals surface area contributed by atoms with E-state index < -0.39 is 29.7 Å². The summed E-state index contributed by atoms with van der Waals surface area (Å²) < 4.78 is 0. The highest BCUT2D eigenvalue weighted by atomic mass is 16.2. The number of urea groups is 1. The van der Waals surface area contributed by atoms with Gasteiger partial charge in [0.1, 0.15) is 6.04 Å². The summed E-state index contributed by atoms with van der Waals surface area (Å²) in [6, 6.07) is -2.10. The van der Waals surface area contributed by atoms with E-state index in [9.17, 15) is 24.0 Å². The van der Waals surface area contributed by atoms with Crippen molar-refractivity contribution in [2.75, 3.05) is 19.6 Å². The second-order valence-electron chi connectivity index (χ2n) is 10.8. The van der Waals surface area contributed by atoms with Crippen molar-refractivity contribution < 1.29 is 24.0 Å². The van der Waals surface area contributed by atoms with Crippen molar-refractivity contribution in [1.29, 1.82) is 0 Å². The molecule has 1 aliphatic carbocycles. The molecule has 5 amide bonds. The molecule has 0 aromatic carbocycles. The van der Waals surface area contributed by atoms with Crippen molar-refractivity contribution in [3.63, 3.8) is 0 Å². The highest BCUT2D eigenvalue weighted by molar-refractivity contribution is 6.38. The summed E-state index contributed by atoms with van der Waals surface area (Å²) in [4.78, 5) is 65.6. The zero-order chi connectivity index (χ0) is 28.1. The molecule has 0 radical (unpaired) electrons. The number of hydrogen-bond acceptors (Lipinski definition) is 5. The first-order valence-corrected chi connectivity index (χ1v) is 14.2. The van der Waals surface area contributed by atoms with Crippen LogP contribution in [-0.2, 0) is 19.2 Å². The molecule has 10 nitrogen and oxygen atoms in total. The minimum Gasteiger partial charge on any atom is -0.346 e. The predicted octanol–water partition coefficient (Wildman–Crippen LogP) is 2.57. The van der Waals surface area contributed by atoms with Gasteiger partial charge in [-0.2, -0.15) is 0 Å². The maximum Gasteiger partial charge on any atom is 0.315 e. The third-order valence-electron chi connectivity index (χ3n) is 7.82. The van der Waals surface area contributed by atoms with Crippen LogP contribution in [0, 0.1) is 5.92 Å². The zero-order valence-corrected chi connectivity index (χ0v) is 23.4. The van der Waals surface area contributed by atoms with Crippen molar-refractivity contribution >= 4 is 29.5 Å². The SMILES string of the molecule is C=CCNC(=O)C(=O)C(CCCC)NC(=O)C1CCC(C)CN1C(=O)CNC(=O)NC1(CC)CCCCC1. The largest absolute Gasteiger partial charge is 0.346 e. The molecule has 1 heterocycles. The summed E-state index contributed by atoms with van der Waals surface area (Å²) in [5, 5.41) is 11.0. The van der Waals surface area contributed by atoms with Crippen LogP contribution in [0.1, 0.15) is 91.4 Å². The number of piperidine rings is 1. The number of carbonyl (C=O) groups excluding carboxylic acids is 5. The molecule has 0 spiro atoms. The summed E-state index contributed by atoms with van der Waals surface area (Å²) >= 11 is 0. The molecule has 2 rings (SSSR count). The minimum atomic E-state index is -0.965. The van der Waals surface area contributed by atoms with Gasteiger partial charge in [-0.3, -0.25) is 19.2 Å². The first-order chi connectivity index (χ1) is 18.2. The summed E-state index contributed by atoms with van der Waals surface area (Å²) in [5.41, 5.74) is -0.231. The third-order valence-corrected chi connectivity index (χ3v) is 7.82. The summed E-state index contributed by atoms with van der Waals surface area (Å²) in [7, 11) is 0. The molecule has 10 heteroatoms. The van der Waals surface area contributed by atoms with Gasteiger partial charge in [0.25, 0.3) is 5.91 Å². The number of amides is 5. The number of nitrogens with zero attached hydrogens (tertiary/aromatic N) is 1. The molecular formula is C28H47N5O5. The molecule has 1 saturated carbocycles. The second-order valence-corrected chi connectivity index (χ2v) is 10.8. The summed E-state index contributed by atoms with van der Waals surface area (Å²) in [5.74, 6) is -2.07. The fourth-order valence-electron chi connectivity index (χ4n) is 5.39. The average molecular weight is 534 g/mol.